The van der Waals surface area contributed by atoms with E-state index >= 15 is 0 Å². The highest BCUT2D eigenvalue weighted by molar-refractivity contribution is 6.32. The van der Waals surface area contributed by atoms with Crippen molar-refractivity contribution < 1.29 is 4.74 Å². The molecule has 0 radical (unpaired) electrons. The molecule has 18 heavy (non-hydrogen) atoms. The van der Waals surface area contributed by atoms with Gasteiger partial charge in [-0.05, 0) is 38.0 Å². The summed E-state index contributed by atoms with van der Waals surface area (Å²) < 4.78 is 5.63. The van der Waals surface area contributed by atoms with Crippen LogP contribution in [0.15, 0.2) is 18.2 Å². The highest BCUT2D eigenvalue weighted by Crippen LogP contribution is 2.26. The topological polar surface area (TPSA) is 36.3 Å². The summed E-state index contributed by atoms with van der Waals surface area (Å²) >= 11 is 6.05. The fraction of sp³-hybridized carbons (Fsp3) is 0.500. The summed E-state index contributed by atoms with van der Waals surface area (Å²) in [7, 11) is 0. The molecule has 4 heteroatoms. The molecular weight excluding hydrogens is 248 g/mol. The van der Waals surface area contributed by atoms with Crippen LogP contribution >= 0.6 is 11.6 Å². The highest BCUT2D eigenvalue weighted by Gasteiger charge is 2.19. The Hall–Kier alpha value is -1.24. The van der Waals surface area contributed by atoms with Gasteiger partial charge in [0.25, 0.3) is 0 Å². The first kappa shape index (κ1) is 13.2. The van der Waals surface area contributed by atoms with Gasteiger partial charge in [-0.3, -0.25) is 0 Å². The van der Waals surface area contributed by atoms with Gasteiger partial charge in [0.1, 0.15) is 6.07 Å². The van der Waals surface area contributed by atoms with E-state index in [4.69, 9.17) is 21.6 Å². The van der Waals surface area contributed by atoms with Gasteiger partial charge in [-0.15, -0.1) is 0 Å². The third kappa shape index (κ3) is 2.95. The molecule has 1 heterocycles. The van der Waals surface area contributed by atoms with E-state index in [1.165, 1.54) is 0 Å². The summed E-state index contributed by atoms with van der Waals surface area (Å²) in [6.45, 7) is 4.78. The van der Waals surface area contributed by atoms with Gasteiger partial charge in [-0.25, -0.2) is 0 Å². The molecule has 0 bridgehead atoms. The molecular formula is C14H17ClN2O. The van der Waals surface area contributed by atoms with Crippen LogP contribution in [0.4, 0.5) is 5.69 Å². The van der Waals surface area contributed by atoms with Crippen molar-refractivity contribution in [1.29, 1.82) is 5.26 Å². The maximum absolute atomic E-state index is 8.85. The first-order valence-electron chi connectivity index (χ1n) is 6.30. The molecule has 0 spiro atoms. The minimum atomic E-state index is 0.389. The Labute approximate surface area is 113 Å². The Morgan fingerprint density at radius 3 is 2.72 bits per heavy atom. The van der Waals surface area contributed by atoms with E-state index in [2.05, 4.69) is 11.0 Å². The predicted molar refractivity (Wildman–Crippen MR) is 73.0 cm³/mol. The lowest BCUT2D eigenvalue weighted by molar-refractivity contribution is 0.0459. The monoisotopic (exact) mass is 264 g/mol. The summed E-state index contributed by atoms with van der Waals surface area (Å²) in [6, 6.07) is 7.70. The molecule has 1 aliphatic heterocycles. The van der Waals surface area contributed by atoms with Crippen molar-refractivity contribution in [3.05, 3.63) is 28.8 Å². The molecule has 96 valence electrons. The minimum Gasteiger partial charge on any atom is -0.378 e. The zero-order chi connectivity index (χ0) is 13.0. The van der Waals surface area contributed by atoms with Crippen LogP contribution in [0.1, 0.15) is 25.3 Å². The first-order valence-corrected chi connectivity index (χ1v) is 6.68. The van der Waals surface area contributed by atoms with Crippen LogP contribution in [0, 0.1) is 11.3 Å². The lowest BCUT2D eigenvalue weighted by Gasteiger charge is -2.33. The van der Waals surface area contributed by atoms with Crippen molar-refractivity contribution in [1.82, 2.24) is 0 Å². The van der Waals surface area contributed by atoms with Gasteiger partial charge in [0.15, 0.2) is 0 Å². The molecule has 0 amide bonds. The smallest absolute Gasteiger partial charge is 0.101 e. The van der Waals surface area contributed by atoms with Crippen molar-refractivity contribution in [2.75, 3.05) is 24.6 Å². The van der Waals surface area contributed by atoms with Gasteiger partial charge in [-0.2, -0.15) is 5.26 Å². The summed E-state index contributed by atoms with van der Waals surface area (Å²) in [6.07, 6.45) is 2.48. The van der Waals surface area contributed by atoms with Crippen LogP contribution in [0.3, 0.4) is 0 Å². The molecule has 3 nitrogen and oxygen atoms in total. The van der Waals surface area contributed by atoms with E-state index in [1.807, 2.05) is 19.1 Å². The van der Waals surface area contributed by atoms with E-state index in [9.17, 15) is 0 Å². The van der Waals surface area contributed by atoms with Crippen LogP contribution in [-0.4, -0.2) is 25.8 Å². The standard InChI is InChI=1S/C14H17ClN2O/c1-2-18-13-5-7-17(8-6-13)12-4-3-11(10-16)14(15)9-12/h3-4,9,13H,2,5-8H2,1H3. The lowest BCUT2D eigenvalue weighted by Crippen LogP contribution is -2.37. The number of benzene rings is 1. The SMILES string of the molecule is CCOC1CCN(c2ccc(C#N)c(Cl)c2)CC1. The van der Waals surface area contributed by atoms with Crippen molar-refractivity contribution in [2.24, 2.45) is 0 Å². The summed E-state index contributed by atoms with van der Waals surface area (Å²) in [5.74, 6) is 0. The lowest BCUT2D eigenvalue weighted by atomic mass is 10.1. The largest absolute Gasteiger partial charge is 0.378 e. The van der Waals surface area contributed by atoms with Gasteiger partial charge >= 0.3 is 0 Å². The summed E-state index contributed by atoms with van der Waals surface area (Å²) in [4.78, 5) is 2.29. The van der Waals surface area contributed by atoms with Crippen molar-refractivity contribution in [3.63, 3.8) is 0 Å². The Bertz CT molecular complexity index is 448. The van der Waals surface area contributed by atoms with Crippen molar-refractivity contribution >= 4 is 17.3 Å². The van der Waals surface area contributed by atoms with Crippen LogP contribution in [-0.2, 0) is 4.74 Å². The molecule has 1 fully saturated rings. The maximum Gasteiger partial charge on any atom is 0.101 e. The van der Waals surface area contributed by atoms with Crippen LogP contribution in [0.25, 0.3) is 0 Å². The second-order valence-corrected chi connectivity index (χ2v) is 4.82. The van der Waals surface area contributed by atoms with E-state index in [0.717, 1.165) is 38.2 Å². The number of hydrogen-bond donors (Lipinski definition) is 0. The third-order valence-corrected chi connectivity index (χ3v) is 3.60. The number of rotatable bonds is 3. The quantitative estimate of drug-likeness (QED) is 0.841. The first-order chi connectivity index (χ1) is 8.74. The van der Waals surface area contributed by atoms with Crippen LogP contribution in [0.2, 0.25) is 5.02 Å². The number of nitriles is 1. The van der Waals surface area contributed by atoms with Crippen molar-refractivity contribution in [2.45, 2.75) is 25.9 Å². The van der Waals surface area contributed by atoms with Crippen molar-refractivity contribution in [3.8, 4) is 6.07 Å². The second kappa shape index (κ2) is 6.08. The Morgan fingerprint density at radius 2 is 2.17 bits per heavy atom. The van der Waals surface area contributed by atoms with Crippen LogP contribution < -0.4 is 4.90 Å². The summed E-state index contributed by atoms with van der Waals surface area (Å²) in [5, 5.41) is 9.38. The number of nitrogens with zero attached hydrogens (tertiary/aromatic N) is 2. The molecule has 2 rings (SSSR count). The van der Waals surface area contributed by atoms with Gasteiger partial charge in [0, 0.05) is 25.4 Å². The number of ether oxygens (including phenoxy) is 1. The molecule has 0 aromatic heterocycles. The molecule has 1 aliphatic rings. The van der Waals surface area contributed by atoms with Gasteiger partial charge in [0.05, 0.1) is 16.7 Å². The van der Waals surface area contributed by atoms with E-state index in [-0.39, 0.29) is 0 Å². The van der Waals surface area contributed by atoms with Gasteiger partial charge in [-0.1, -0.05) is 11.6 Å². The van der Waals surface area contributed by atoms with E-state index in [0.29, 0.717) is 16.7 Å². The fourth-order valence-electron chi connectivity index (χ4n) is 2.31. The number of hydrogen-bond acceptors (Lipinski definition) is 3. The molecule has 0 unspecified atom stereocenters. The maximum atomic E-state index is 8.85. The normalized spacial score (nSPS) is 16.6. The van der Waals surface area contributed by atoms with Gasteiger partial charge in [0.2, 0.25) is 0 Å². The molecule has 0 atom stereocenters. The molecule has 0 aliphatic carbocycles. The highest BCUT2D eigenvalue weighted by atomic mass is 35.5. The predicted octanol–water partition coefficient (Wildman–Crippen LogP) is 3.22. The van der Waals surface area contributed by atoms with Gasteiger partial charge < -0.3 is 9.64 Å². The molecule has 1 aromatic rings. The fourth-order valence-corrected chi connectivity index (χ4v) is 2.52. The second-order valence-electron chi connectivity index (χ2n) is 4.42. The third-order valence-electron chi connectivity index (χ3n) is 3.28. The Morgan fingerprint density at radius 1 is 1.44 bits per heavy atom. The van der Waals surface area contributed by atoms with E-state index in [1.54, 1.807) is 6.07 Å². The molecule has 0 N–H and O–H groups in total. The average Bonchev–Trinajstić information content (AvgIpc) is 2.40. The average molecular weight is 265 g/mol. The zero-order valence-electron chi connectivity index (χ0n) is 10.5. The molecule has 1 aromatic carbocycles. The number of halogens is 1. The number of piperidine rings is 1. The Kier molecular flexibility index (Phi) is 4.46. The molecule has 1 saturated heterocycles. The Balaban J connectivity index is 2.02. The number of anilines is 1. The summed E-state index contributed by atoms with van der Waals surface area (Å²) in [5.41, 5.74) is 1.62. The minimum absolute atomic E-state index is 0.389. The van der Waals surface area contributed by atoms with E-state index < -0.39 is 0 Å². The zero-order valence-corrected chi connectivity index (χ0v) is 11.3. The molecule has 0 saturated carbocycles. The van der Waals surface area contributed by atoms with Crippen LogP contribution in [0.5, 0.6) is 0 Å².